The molecule has 0 saturated carbocycles. The van der Waals surface area contributed by atoms with Crippen LogP contribution in [-0.4, -0.2) is 26.6 Å². The van der Waals surface area contributed by atoms with E-state index in [0.29, 0.717) is 12.6 Å². The third kappa shape index (κ3) is 3.48. The molecule has 150 valence electrons. The molecule has 0 bridgehead atoms. The highest BCUT2D eigenvalue weighted by Gasteiger charge is 2.31. The second-order valence-electron chi connectivity index (χ2n) is 8.48. The summed E-state index contributed by atoms with van der Waals surface area (Å²) < 4.78 is 7.27. The van der Waals surface area contributed by atoms with E-state index in [-0.39, 0.29) is 5.60 Å². The second kappa shape index (κ2) is 7.56. The maximum Gasteiger partial charge on any atom is 0.147 e. The van der Waals surface area contributed by atoms with Crippen molar-refractivity contribution in [2.45, 2.75) is 85.0 Å². The minimum Gasteiger partial charge on any atom is -0.370 e. The summed E-state index contributed by atoms with van der Waals surface area (Å²) in [6.45, 7) is 11.6. The fraction of sp³-hybridized carbons (Fsp3) is 0.591. The van der Waals surface area contributed by atoms with Crippen LogP contribution in [0.3, 0.4) is 0 Å². The molecule has 4 heterocycles. The number of ether oxygens (including phenoxy) is 1. The lowest BCUT2D eigenvalue weighted by Crippen LogP contribution is -2.32. The largest absolute Gasteiger partial charge is 0.370 e. The van der Waals surface area contributed by atoms with Gasteiger partial charge in [-0.05, 0) is 45.6 Å². The van der Waals surface area contributed by atoms with Gasteiger partial charge in [0.15, 0.2) is 0 Å². The number of hydrogen-bond donors (Lipinski definition) is 1. The van der Waals surface area contributed by atoms with Crippen LogP contribution in [0.2, 0.25) is 0 Å². The van der Waals surface area contributed by atoms with Crippen LogP contribution >= 0.6 is 11.3 Å². The Labute approximate surface area is 170 Å². The number of aryl methyl sites for hydroxylation is 1. The predicted octanol–water partition coefficient (Wildman–Crippen LogP) is 5.64. The van der Waals surface area contributed by atoms with Gasteiger partial charge in [-0.15, -0.1) is 11.3 Å². The van der Waals surface area contributed by atoms with Crippen molar-refractivity contribution < 1.29 is 4.74 Å². The number of rotatable bonds is 6. The number of nitrogens with one attached hydrogen (secondary N) is 1. The Morgan fingerprint density at radius 1 is 1.25 bits per heavy atom. The molecule has 3 aromatic heterocycles. The fourth-order valence-electron chi connectivity index (χ4n) is 3.86. The van der Waals surface area contributed by atoms with Gasteiger partial charge in [0.05, 0.1) is 22.4 Å². The Morgan fingerprint density at radius 2 is 2.07 bits per heavy atom. The fourth-order valence-corrected chi connectivity index (χ4v) is 4.99. The van der Waals surface area contributed by atoms with E-state index in [1.807, 2.05) is 0 Å². The molecule has 1 aliphatic heterocycles. The van der Waals surface area contributed by atoms with Gasteiger partial charge in [-0.3, -0.25) is 0 Å². The monoisotopic (exact) mass is 398 g/mol. The summed E-state index contributed by atoms with van der Waals surface area (Å²) in [5.74, 6) is 0.928. The molecule has 0 aliphatic carbocycles. The maximum atomic E-state index is 6.16. The number of anilines is 1. The number of hydrogen-bond acceptors (Lipinski definition) is 6. The summed E-state index contributed by atoms with van der Waals surface area (Å²) in [5, 5.41) is 4.76. The molecule has 0 radical (unpaired) electrons. The molecule has 3 aromatic rings. The van der Waals surface area contributed by atoms with E-state index >= 15 is 0 Å². The third-order valence-electron chi connectivity index (χ3n) is 5.68. The molecule has 28 heavy (non-hydrogen) atoms. The first-order chi connectivity index (χ1) is 13.4. The van der Waals surface area contributed by atoms with Crippen molar-refractivity contribution in [3.63, 3.8) is 0 Å². The van der Waals surface area contributed by atoms with Crippen molar-refractivity contribution >= 4 is 37.6 Å². The van der Waals surface area contributed by atoms with Gasteiger partial charge in [0.25, 0.3) is 0 Å². The summed E-state index contributed by atoms with van der Waals surface area (Å²) in [7, 11) is 0. The van der Waals surface area contributed by atoms with Crippen LogP contribution in [0.25, 0.3) is 20.4 Å². The minimum absolute atomic E-state index is 0.164. The van der Waals surface area contributed by atoms with E-state index in [1.54, 1.807) is 17.7 Å². The SMILES string of the molecule is CCCCc1nc2sc3c(N[C@H](C)CC)ncnc3c2c2c1COC(C)(C)C2. The standard InChI is InChI=1S/C22H30N4OS/c1-6-8-9-16-15-11-27-22(4,5)10-14(15)17-18-19(28-21(17)26-16)20(24-12-23-18)25-13(3)7-2/h12-13H,6-11H2,1-5H3,(H,23,24,25)/t13-/m1/s1. The molecule has 0 amide bonds. The van der Waals surface area contributed by atoms with E-state index < -0.39 is 0 Å². The van der Waals surface area contributed by atoms with Gasteiger partial charge in [-0.1, -0.05) is 20.3 Å². The van der Waals surface area contributed by atoms with Gasteiger partial charge < -0.3 is 10.1 Å². The number of aromatic nitrogens is 3. The second-order valence-corrected chi connectivity index (χ2v) is 9.48. The van der Waals surface area contributed by atoms with E-state index in [4.69, 9.17) is 9.72 Å². The molecule has 5 nitrogen and oxygen atoms in total. The van der Waals surface area contributed by atoms with Crippen LogP contribution < -0.4 is 5.32 Å². The highest BCUT2D eigenvalue weighted by Crippen LogP contribution is 2.42. The van der Waals surface area contributed by atoms with Gasteiger partial charge in [-0.2, -0.15) is 0 Å². The Balaban J connectivity index is 1.95. The number of unbranched alkanes of at least 4 members (excludes halogenated alkanes) is 1. The molecule has 1 aliphatic rings. The first kappa shape index (κ1) is 19.5. The van der Waals surface area contributed by atoms with Crippen LogP contribution in [0, 0.1) is 0 Å². The van der Waals surface area contributed by atoms with E-state index in [9.17, 15) is 0 Å². The molecule has 0 unspecified atom stereocenters. The number of nitrogens with zero attached hydrogens (tertiary/aromatic N) is 3. The lowest BCUT2D eigenvalue weighted by molar-refractivity contribution is -0.0401. The molecule has 0 saturated heterocycles. The Kier molecular flexibility index (Phi) is 5.27. The van der Waals surface area contributed by atoms with Crippen molar-refractivity contribution in [3.05, 3.63) is 23.1 Å². The van der Waals surface area contributed by atoms with Crippen LogP contribution in [-0.2, 0) is 24.2 Å². The topological polar surface area (TPSA) is 59.9 Å². The summed E-state index contributed by atoms with van der Waals surface area (Å²) >= 11 is 1.72. The maximum absolute atomic E-state index is 6.16. The zero-order chi connectivity index (χ0) is 19.9. The first-order valence-electron chi connectivity index (χ1n) is 10.4. The lowest BCUT2D eigenvalue weighted by Gasteiger charge is -2.33. The predicted molar refractivity (Wildman–Crippen MR) is 117 cm³/mol. The Morgan fingerprint density at radius 3 is 2.82 bits per heavy atom. The van der Waals surface area contributed by atoms with Gasteiger partial charge in [0, 0.05) is 29.1 Å². The molecular weight excluding hydrogens is 368 g/mol. The molecule has 0 fully saturated rings. The Bertz CT molecular complexity index is 1010. The van der Waals surface area contributed by atoms with Crippen molar-refractivity contribution in [1.29, 1.82) is 0 Å². The highest BCUT2D eigenvalue weighted by atomic mass is 32.1. The average Bonchev–Trinajstić information content (AvgIpc) is 3.04. The lowest BCUT2D eigenvalue weighted by atomic mass is 9.88. The smallest absolute Gasteiger partial charge is 0.147 e. The minimum atomic E-state index is -0.164. The number of fused-ring (bicyclic) bond motifs is 5. The van der Waals surface area contributed by atoms with Gasteiger partial charge in [-0.25, -0.2) is 15.0 Å². The van der Waals surface area contributed by atoms with Crippen molar-refractivity contribution in [2.75, 3.05) is 5.32 Å². The van der Waals surface area contributed by atoms with Crippen molar-refractivity contribution in [1.82, 2.24) is 15.0 Å². The average molecular weight is 399 g/mol. The Hall–Kier alpha value is -1.79. The van der Waals surface area contributed by atoms with Crippen molar-refractivity contribution in [2.24, 2.45) is 0 Å². The molecule has 6 heteroatoms. The summed E-state index contributed by atoms with van der Waals surface area (Å²) in [6, 6.07) is 0.373. The molecule has 1 N–H and O–H groups in total. The van der Waals surface area contributed by atoms with Crippen LogP contribution in [0.4, 0.5) is 5.82 Å². The van der Waals surface area contributed by atoms with Crippen LogP contribution in [0.5, 0.6) is 0 Å². The van der Waals surface area contributed by atoms with E-state index in [1.165, 1.54) is 28.6 Å². The molecule has 1 atom stereocenters. The zero-order valence-corrected chi connectivity index (χ0v) is 18.4. The van der Waals surface area contributed by atoms with Gasteiger partial charge in [0.1, 0.15) is 17.0 Å². The van der Waals surface area contributed by atoms with E-state index in [0.717, 1.165) is 46.5 Å². The summed E-state index contributed by atoms with van der Waals surface area (Å²) in [6.07, 6.45) is 6.96. The summed E-state index contributed by atoms with van der Waals surface area (Å²) in [5.41, 5.74) is 4.74. The number of pyridine rings is 1. The van der Waals surface area contributed by atoms with Crippen LogP contribution in [0.15, 0.2) is 6.33 Å². The van der Waals surface area contributed by atoms with Crippen molar-refractivity contribution in [3.8, 4) is 0 Å². The first-order valence-corrected chi connectivity index (χ1v) is 11.2. The molecule has 0 spiro atoms. The molecule has 4 rings (SSSR count). The van der Waals surface area contributed by atoms with Gasteiger partial charge in [0.2, 0.25) is 0 Å². The number of thiophene rings is 1. The molecule has 0 aromatic carbocycles. The quantitative estimate of drug-likeness (QED) is 0.582. The third-order valence-corrected chi connectivity index (χ3v) is 6.76. The zero-order valence-electron chi connectivity index (χ0n) is 17.6. The normalized spacial score (nSPS) is 17.0. The summed E-state index contributed by atoms with van der Waals surface area (Å²) in [4.78, 5) is 15.4. The van der Waals surface area contributed by atoms with Crippen LogP contribution in [0.1, 0.15) is 70.7 Å². The van der Waals surface area contributed by atoms with Gasteiger partial charge >= 0.3 is 0 Å². The highest BCUT2D eigenvalue weighted by molar-refractivity contribution is 7.26. The van der Waals surface area contributed by atoms with E-state index in [2.05, 4.69) is 49.9 Å². The molecular formula is C22H30N4OS.